The number of benzene rings is 2. The minimum atomic E-state index is -1.02. The summed E-state index contributed by atoms with van der Waals surface area (Å²) >= 11 is 0. The lowest BCUT2D eigenvalue weighted by atomic mass is 10.2. The third kappa shape index (κ3) is 5.74. The van der Waals surface area contributed by atoms with E-state index in [1.807, 2.05) is 13.0 Å². The number of nitriles is 1. The number of hydrogen-bond donors (Lipinski definition) is 1. The van der Waals surface area contributed by atoms with E-state index in [-0.39, 0.29) is 0 Å². The van der Waals surface area contributed by atoms with Crippen molar-refractivity contribution in [2.24, 2.45) is 0 Å². The van der Waals surface area contributed by atoms with E-state index in [4.69, 9.17) is 19.5 Å². The first-order valence-corrected chi connectivity index (χ1v) is 8.84. The maximum absolute atomic E-state index is 12.3. The quantitative estimate of drug-likeness (QED) is 0.704. The third-order valence-corrected chi connectivity index (χ3v) is 3.74. The molecule has 0 spiro atoms. The standard InChI is InChI=1S/C21H22N2O5/c1-4-26-19-8-6-5-7-18(19)23-20(24)14(2)28-21(25)15(3)27-17-11-9-16(13-22)10-12-17/h5-12,14-15H,4H2,1-3H3,(H,23,24)/t14-,15+/m0/s1. The van der Waals surface area contributed by atoms with Crippen molar-refractivity contribution in [3.05, 3.63) is 54.1 Å². The van der Waals surface area contributed by atoms with Crippen molar-refractivity contribution in [2.45, 2.75) is 33.0 Å². The number of para-hydroxylation sites is 2. The Morgan fingerprint density at radius 3 is 2.39 bits per heavy atom. The zero-order valence-electron chi connectivity index (χ0n) is 16.0. The number of hydrogen-bond acceptors (Lipinski definition) is 6. The van der Waals surface area contributed by atoms with Gasteiger partial charge in [0.25, 0.3) is 5.91 Å². The van der Waals surface area contributed by atoms with Gasteiger partial charge in [0.1, 0.15) is 11.5 Å². The number of rotatable bonds is 8. The van der Waals surface area contributed by atoms with Crippen LogP contribution in [0.5, 0.6) is 11.5 Å². The summed E-state index contributed by atoms with van der Waals surface area (Å²) in [5, 5.41) is 11.5. The lowest BCUT2D eigenvalue weighted by Crippen LogP contribution is -2.35. The van der Waals surface area contributed by atoms with Gasteiger partial charge in [-0.15, -0.1) is 0 Å². The van der Waals surface area contributed by atoms with Crippen LogP contribution in [0, 0.1) is 11.3 Å². The van der Waals surface area contributed by atoms with Gasteiger partial charge in [-0.2, -0.15) is 5.26 Å². The molecule has 0 heterocycles. The summed E-state index contributed by atoms with van der Waals surface area (Å²) in [5.74, 6) is -0.197. The zero-order chi connectivity index (χ0) is 20.5. The molecule has 0 fully saturated rings. The van der Waals surface area contributed by atoms with Gasteiger partial charge in [-0.05, 0) is 57.2 Å². The first kappa shape index (κ1) is 20.8. The fourth-order valence-corrected chi connectivity index (χ4v) is 2.27. The number of nitrogens with zero attached hydrogens (tertiary/aromatic N) is 1. The van der Waals surface area contributed by atoms with Gasteiger partial charge in [0.15, 0.2) is 12.2 Å². The van der Waals surface area contributed by atoms with Crippen LogP contribution in [0.25, 0.3) is 0 Å². The van der Waals surface area contributed by atoms with E-state index in [2.05, 4.69) is 5.32 Å². The highest BCUT2D eigenvalue weighted by Gasteiger charge is 2.24. The second-order valence-corrected chi connectivity index (χ2v) is 5.89. The summed E-state index contributed by atoms with van der Waals surface area (Å²) in [7, 11) is 0. The minimum Gasteiger partial charge on any atom is -0.492 e. The van der Waals surface area contributed by atoms with E-state index in [0.717, 1.165) is 0 Å². The van der Waals surface area contributed by atoms with Gasteiger partial charge in [0.2, 0.25) is 0 Å². The number of carbonyl (C=O) groups is 2. The molecule has 0 saturated heterocycles. The number of ether oxygens (including phenoxy) is 3. The molecular formula is C21H22N2O5. The number of esters is 1. The molecular weight excluding hydrogens is 360 g/mol. The molecule has 146 valence electrons. The van der Waals surface area contributed by atoms with Crippen molar-refractivity contribution in [1.82, 2.24) is 0 Å². The van der Waals surface area contributed by atoms with Crippen molar-refractivity contribution < 1.29 is 23.8 Å². The van der Waals surface area contributed by atoms with Crippen molar-refractivity contribution >= 4 is 17.6 Å². The van der Waals surface area contributed by atoms with Gasteiger partial charge in [-0.25, -0.2) is 4.79 Å². The SMILES string of the molecule is CCOc1ccccc1NC(=O)[C@H](C)OC(=O)[C@@H](C)Oc1ccc(C#N)cc1. The summed E-state index contributed by atoms with van der Waals surface area (Å²) in [5.41, 5.74) is 0.985. The molecule has 28 heavy (non-hydrogen) atoms. The number of anilines is 1. The van der Waals surface area contributed by atoms with E-state index >= 15 is 0 Å². The Bertz CT molecular complexity index is 858. The molecule has 0 aliphatic rings. The van der Waals surface area contributed by atoms with Crippen LogP contribution < -0.4 is 14.8 Å². The Balaban J connectivity index is 1.91. The van der Waals surface area contributed by atoms with Crippen LogP contribution in [0.4, 0.5) is 5.69 Å². The molecule has 7 heteroatoms. The van der Waals surface area contributed by atoms with Crippen molar-refractivity contribution in [3.8, 4) is 17.6 Å². The molecule has 2 aromatic rings. The van der Waals surface area contributed by atoms with Gasteiger partial charge in [-0.3, -0.25) is 4.79 Å². The fraction of sp³-hybridized carbons (Fsp3) is 0.286. The fourth-order valence-electron chi connectivity index (χ4n) is 2.27. The summed E-state index contributed by atoms with van der Waals surface area (Å²) in [6, 6.07) is 15.3. The molecule has 2 aromatic carbocycles. The summed E-state index contributed by atoms with van der Waals surface area (Å²) in [4.78, 5) is 24.5. The van der Waals surface area contributed by atoms with Crippen LogP contribution in [0.1, 0.15) is 26.3 Å². The molecule has 0 aromatic heterocycles. The summed E-state index contributed by atoms with van der Waals surface area (Å²) < 4.78 is 16.1. The molecule has 0 aliphatic carbocycles. The third-order valence-electron chi connectivity index (χ3n) is 3.74. The molecule has 0 bridgehead atoms. The van der Waals surface area contributed by atoms with Gasteiger partial charge >= 0.3 is 5.97 Å². The number of nitrogens with one attached hydrogen (secondary N) is 1. The van der Waals surface area contributed by atoms with Gasteiger partial charge in [-0.1, -0.05) is 12.1 Å². The molecule has 7 nitrogen and oxygen atoms in total. The van der Waals surface area contributed by atoms with Gasteiger partial charge in [0.05, 0.1) is 23.9 Å². The Morgan fingerprint density at radius 2 is 1.75 bits per heavy atom. The average Bonchev–Trinajstić information content (AvgIpc) is 2.70. The lowest BCUT2D eigenvalue weighted by molar-refractivity contribution is -0.159. The minimum absolute atomic E-state index is 0.422. The highest BCUT2D eigenvalue weighted by atomic mass is 16.6. The van der Waals surface area contributed by atoms with Crippen LogP contribution in [0.3, 0.4) is 0 Å². The topological polar surface area (TPSA) is 97.7 Å². The second-order valence-electron chi connectivity index (χ2n) is 5.89. The zero-order valence-corrected chi connectivity index (χ0v) is 16.0. The van der Waals surface area contributed by atoms with Crippen LogP contribution >= 0.6 is 0 Å². The highest BCUT2D eigenvalue weighted by Crippen LogP contribution is 2.24. The van der Waals surface area contributed by atoms with E-state index in [1.54, 1.807) is 48.5 Å². The largest absolute Gasteiger partial charge is 0.492 e. The van der Waals surface area contributed by atoms with E-state index in [9.17, 15) is 9.59 Å². The normalized spacial score (nSPS) is 12.2. The van der Waals surface area contributed by atoms with Gasteiger partial charge < -0.3 is 19.5 Å². The Morgan fingerprint density at radius 1 is 1.07 bits per heavy atom. The average molecular weight is 382 g/mol. The molecule has 0 aliphatic heterocycles. The Kier molecular flexibility index (Phi) is 7.40. The second kappa shape index (κ2) is 9.97. The molecule has 0 unspecified atom stereocenters. The maximum atomic E-state index is 12.3. The van der Waals surface area contributed by atoms with E-state index in [1.165, 1.54) is 13.8 Å². The Hall–Kier alpha value is -3.53. The van der Waals surface area contributed by atoms with Crippen LogP contribution in [-0.2, 0) is 14.3 Å². The maximum Gasteiger partial charge on any atom is 0.347 e. The molecule has 2 atom stereocenters. The lowest BCUT2D eigenvalue weighted by Gasteiger charge is -2.18. The predicted octanol–water partition coefficient (Wildman–Crippen LogP) is 3.29. The molecule has 2 rings (SSSR count). The van der Waals surface area contributed by atoms with E-state index in [0.29, 0.717) is 29.4 Å². The van der Waals surface area contributed by atoms with E-state index < -0.39 is 24.1 Å². The molecule has 0 radical (unpaired) electrons. The highest BCUT2D eigenvalue weighted by molar-refractivity contribution is 5.96. The van der Waals surface area contributed by atoms with Crippen molar-refractivity contribution in [1.29, 1.82) is 5.26 Å². The van der Waals surface area contributed by atoms with Crippen LogP contribution in [-0.4, -0.2) is 30.7 Å². The number of carbonyl (C=O) groups excluding carboxylic acids is 2. The monoisotopic (exact) mass is 382 g/mol. The van der Waals surface area contributed by atoms with Crippen molar-refractivity contribution in [2.75, 3.05) is 11.9 Å². The first-order chi connectivity index (χ1) is 13.4. The molecule has 1 amide bonds. The predicted molar refractivity (Wildman–Crippen MR) is 103 cm³/mol. The smallest absolute Gasteiger partial charge is 0.347 e. The van der Waals surface area contributed by atoms with Gasteiger partial charge in [0, 0.05) is 0 Å². The summed E-state index contributed by atoms with van der Waals surface area (Å²) in [6.07, 6.45) is -1.94. The summed E-state index contributed by atoms with van der Waals surface area (Å²) in [6.45, 7) is 5.31. The van der Waals surface area contributed by atoms with Crippen molar-refractivity contribution in [3.63, 3.8) is 0 Å². The molecule has 0 saturated carbocycles. The van der Waals surface area contributed by atoms with Crippen LogP contribution in [0.15, 0.2) is 48.5 Å². The molecule has 1 N–H and O–H groups in total. The first-order valence-electron chi connectivity index (χ1n) is 8.84. The van der Waals surface area contributed by atoms with Crippen LogP contribution in [0.2, 0.25) is 0 Å². The Labute approximate surface area is 163 Å². The number of amides is 1.